The van der Waals surface area contributed by atoms with Crippen molar-refractivity contribution in [1.82, 2.24) is 15.0 Å². The summed E-state index contributed by atoms with van der Waals surface area (Å²) >= 11 is 0. The van der Waals surface area contributed by atoms with Crippen LogP contribution in [0, 0.1) is 19.8 Å². The average molecular weight is 609 g/mol. The van der Waals surface area contributed by atoms with Gasteiger partial charge in [-0.25, -0.2) is 8.42 Å². The van der Waals surface area contributed by atoms with Crippen LogP contribution in [0.1, 0.15) is 75.2 Å². The number of nitrogens with one attached hydrogen (secondary N) is 1. The highest BCUT2D eigenvalue weighted by Crippen LogP contribution is 2.30. The molecule has 3 rings (SSSR count). The molecule has 0 saturated heterocycles. The van der Waals surface area contributed by atoms with Gasteiger partial charge in [0, 0.05) is 31.3 Å². The molecule has 0 radical (unpaired) electrons. The predicted octanol–water partition coefficient (Wildman–Crippen LogP) is 4.23. The molecule has 236 valence electrons. The molecule has 12 heteroatoms. The fourth-order valence-electron chi connectivity index (χ4n) is 5.29. The molecule has 4 atom stereocenters. The maximum Gasteiger partial charge on any atom is 0.267 e. The number of nitrogens with zero attached hydrogens (tertiary/aromatic N) is 3. The lowest BCUT2D eigenvalue weighted by Crippen LogP contribution is -2.47. The highest BCUT2D eigenvalue weighted by molar-refractivity contribution is 7.92. The van der Waals surface area contributed by atoms with Gasteiger partial charge in [0.1, 0.15) is 11.4 Å². The normalized spacial score (nSPS) is 21.9. The van der Waals surface area contributed by atoms with Crippen LogP contribution in [0.25, 0.3) is 0 Å². The Hall–Kier alpha value is -2.67. The molecule has 42 heavy (non-hydrogen) atoms. The van der Waals surface area contributed by atoms with Gasteiger partial charge in [0.2, 0.25) is 0 Å². The van der Waals surface area contributed by atoms with Gasteiger partial charge in [0.05, 0.1) is 30.4 Å². The summed E-state index contributed by atoms with van der Waals surface area (Å²) < 4.78 is 46.7. The molecule has 1 aliphatic heterocycles. The van der Waals surface area contributed by atoms with E-state index in [2.05, 4.69) is 35.7 Å². The summed E-state index contributed by atoms with van der Waals surface area (Å²) in [6.07, 6.45) is 3.30. The Labute approximate surface area is 250 Å². The molecular weight excluding hydrogens is 560 g/mol. The van der Waals surface area contributed by atoms with Crippen LogP contribution >= 0.6 is 0 Å². The maximum absolute atomic E-state index is 14.2. The zero-order valence-corrected chi connectivity index (χ0v) is 26.9. The number of aromatic nitrogens is 1. The minimum atomic E-state index is -4.04. The summed E-state index contributed by atoms with van der Waals surface area (Å²) in [7, 11) is -1.96. The number of aliphatic hydroxyl groups is 1. The Kier molecular flexibility index (Phi) is 12.2. The van der Waals surface area contributed by atoms with E-state index in [-0.39, 0.29) is 58.2 Å². The second-order valence-corrected chi connectivity index (χ2v) is 13.2. The number of aliphatic hydroxyl groups excluding tert-OH is 1. The molecule has 0 saturated carbocycles. The molecular formula is C30H48N4O7S. The number of likely N-dealkylation sites (N-methyl/N-ethyl adjacent to an activating group) is 1. The third kappa shape index (κ3) is 8.68. The Balaban J connectivity index is 2.02. The molecule has 0 fully saturated rings. The fourth-order valence-corrected chi connectivity index (χ4v) is 6.67. The standard InChI is InChI=1S/C30H48N4O7S/c1-8-14-33(7)18-28-20(2)17-34(21(3)19-35)30(36)26-16-25(32-42(37,38)29-23(5)31-41-24(29)6)12-13-27(26)40-22(4)11-9-10-15-39-28/h12-13,16,20-22,28,32,35H,8-11,14-15,17-19H2,1-7H3/t20-,21+,22+,28-/m1/s1. The van der Waals surface area contributed by atoms with Crippen molar-refractivity contribution < 1.29 is 32.3 Å². The molecule has 2 aromatic rings. The minimum absolute atomic E-state index is 0.0327. The molecule has 0 unspecified atom stereocenters. The fraction of sp³-hybridized carbons (Fsp3) is 0.667. The number of anilines is 1. The van der Waals surface area contributed by atoms with Crippen LogP contribution in [0.2, 0.25) is 0 Å². The van der Waals surface area contributed by atoms with Gasteiger partial charge >= 0.3 is 0 Å². The first-order valence-corrected chi connectivity index (χ1v) is 16.3. The van der Waals surface area contributed by atoms with Crippen LogP contribution in [0.3, 0.4) is 0 Å². The first kappa shape index (κ1) is 33.8. The van der Waals surface area contributed by atoms with Crippen molar-refractivity contribution in [3.05, 3.63) is 35.2 Å². The zero-order chi connectivity index (χ0) is 31.0. The third-order valence-corrected chi connectivity index (χ3v) is 9.26. The molecule has 0 spiro atoms. The van der Waals surface area contributed by atoms with Gasteiger partial charge in [-0.3, -0.25) is 9.52 Å². The van der Waals surface area contributed by atoms with E-state index >= 15 is 0 Å². The molecule has 2 N–H and O–H groups in total. The second-order valence-electron chi connectivity index (χ2n) is 11.5. The summed E-state index contributed by atoms with van der Waals surface area (Å²) in [4.78, 5) is 18.1. The smallest absolute Gasteiger partial charge is 0.267 e. The van der Waals surface area contributed by atoms with Crippen molar-refractivity contribution in [2.45, 2.75) is 90.4 Å². The molecule has 1 amide bonds. The molecule has 0 aliphatic carbocycles. The van der Waals surface area contributed by atoms with Gasteiger partial charge in [-0.2, -0.15) is 0 Å². The third-order valence-electron chi connectivity index (χ3n) is 7.64. The lowest BCUT2D eigenvalue weighted by molar-refractivity contribution is -0.0167. The molecule has 11 nitrogen and oxygen atoms in total. The molecule has 1 aromatic heterocycles. The van der Waals surface area contributed by atoms with Crippen molar-refractivity contribution in [3.63, 3.8) is 0 Å². The quantitative estimate of drug-likeness (QED) is 0.429. The van der Waals surface area contributed by atoms with Gasteiger partial charge in [-0.1, -0.05) is 19.0 Å². The van der Waals surface area contributed by atoms with E-state index in [0.29, 0.717) is 18.9 Å². The average Bonchev–Trinajstić information content (AvgIpc) is 3.28. The number of carbonyl (C=O) groups is 1. The van der Waals surface area contributed by atoms with Crippen LogP contribution in [-0.4, -0.2) is 92.5 Å². The second kappa shape index (κ2) is 15.2. The van der Waals surface area contributed by atoms with Gasteiger partial charge in [-0.05, 0) is 85.2 Å². The van der Waals surface area contributed by atoms with E-state index in [1.807, 2.05) is 6.92 Å². The van der Waals surface area contributed by atoms with Gasteiger partial charge in [-0.15, -0.1) is 0 Å². The lowest BCUT2D eigenvalue weighted by atomic mass is 10.0. The van der Waals surface area contributed by atoms with E-state index in [1.165, 1.54) is 13.0 Å². The van der Waals surface area contributed by atoms with Crippen LogP contribution in [0.5, 0.6) is 5.75 Å². The number of amides is 1. The molecule has 0 bridgehead atoms. The first-order chi connectivity index (χ1) is 19.9. The summed E-state index contributed by atoms with van der Waals surface area (Å²) in [5.41, 5.74) is 0.655. The van der Waals surface area contributed by atoms with Crippen molar-refractivity contribution >= 4 is 21.6 Å². The maximum atomic E-state index is 14.2. The van der Waals surface area contributed by atoms with E-state index in [9.17, 15) is 18.3 Å². The van der Waals surface area contributed by atoms with E-state index in [4.69, 9.17) is 14.0 Å². The number of fused-ring (bicyclic) bond motifs is 1. The Morgan fingerprint density at radius 2 is 1.98 bits per heavy atom. The SMILES string of the molecule is CCCN(C)C[C@H]1OCCCC[C@H](C)Oc2ccc(NS(=O)(=O)c3c(C)noc3C)cc2C(=O)N([C@@H](C)CO)C[C@H]1C. The molecule has 1 aliphatic rings. The van der Waals surface area contributed by atoms with E-state index in [1.54, 1.807) is 30.9 Å². The van der Waals surface area contributed by atoms with Crippen LogP contribution < -0.4 is 9.46 Å². The van der Waals surface area contributed by atoms with Crippen molar-refractivity contribution in [1.29, 1.82) is 0 Å². The topological polar surface area (TPSA) is 134 Å². The van der Waals surface area contributed by atoms with Crippen molar-refractivity contribution in [2.75, 3.05) is 44.6 Å². The Morgan fingerprint density at radius 1 is 1.24 bits per heavy atom. The zero-order valence-electron chi connectivity index (χ0n) is 26.1. The summed E-state index contributed by atoms with van der Waals surface area (Å²) in [5, 5.41) is 13.9. The summed E-state index contributed by atoms with van der Waals surface area (Å²) in [6.45, 7) is 13.4. The minimum Gasteiger partial charge on any atom is -0.490 e. The number of ether oxygens (including phenoxy) is 2. The van der Waals surface area contributed by atoms with Crippen LogP contribution in [-0.2, 0) is 14.8 Å². The van der Waals surface area contributed by atoms with Gasteiger partial charge < -0.3 is 28.9 Å². The Morgan fingerprint density at radius 3 is 2.62 bits per heavy atom. The largest absolute Gasteiger partial charge is 0.490 e. The number of hydrogen-bond acceptors (Lipinski definition) is 9. The van der Waals surface area contributed by atoms with Crippen molar-refractivity contribution in [2.24, 2.45) is 5.92 Å². The highest BCUT2D eigenvalue weighted by atomic mass is 32.2. The van der Waals surface area contributed by atoms with Gasteiger partial charge in [0.15, 0.2) is 10.7 Å². The Bertz CT molecular complexity index is 1260. The number of carbonyl (C=O) groups excluding carboxylic acids is 1. The number of rotatable bonds is 9. The van der Waals surface area contributed by atoms with Gasteiger partial charge in [0.25, 0.3) is 15.9 Å². The number of benzene rings is 1. The van der Waals surface area contributed by atoms with E-state index in [0.717, 1.165) is 38.8 Å². The van der Waals surface area contributed by atoms with E-state index < -0.39 is 16.1 Å². The van der Waals surface area contributed by atoms with Crippen LogP contribution in [0.15, 0.2) is 27.6 Å². The predicted molar refractivity (Wildman–Crippen MR) is 161 cm³/mol. The number of sulfonamides is 1. The summed E-state index contributed by atoms with van der Waals surface area (Å²) in [6, 6.07) is 4.21. The molecule has 1 aromatic carbocycles. The van der Waals surface area contributed by atoms with Crippen molar-refractivity contribution in [3.8, 4) is 5.75 Å². The first-order valence-electron chi connectivity index (χ1n) is 14.9. The molecule has 2 heterocycles. The summed E-state index contributed by atoms with van der Waals surface area (Å²) in [5.74, 6) is 0.143. The number of aryl methyl sites for hydroxylation is 2. The monoisotopic (exact) mass is 608 g/mol. The van der Waals surface area contributed by atoms with Crippen LogP contribution in [0.4, 0.5) is 5.69 Å². The highest BCUT2D eigenvalue weighted by Gasteiger charge is 2.31. The number of hydrogen-bond donors (Lipinski definition) is 2. The lowest BCUT2D eigenvalue weighted by Gasteiger charge is -2.35.